The van der Waals surface area contributed by atoms with E-state index < -0.39 is 0 Å². The molecule has 0 aliphatic carbocycles. The van der Waals surface area contributed by atoms with Crippen LogP contribution in [0.1, 0.15) is 0 Å². The Morgan fingerprint density at radius 2 is 1.63 bits per heavy atom. The molecule has 0 spiro atoms. The maximum atomic E-state index is 13.0. The Labute approximate surface area is 114 Å². The maximum Gasteiger partial charge on any atom is 0.123 e. The van der Waals surface area contributed by atoms with E-state index in [-0.39, 0.29) is 5.82 Å². The van der Waals surface area contributed by atoms with E-state index in [1.165, 1.54) is 23.5 Å². The average Bonchev–Trinajstić information content (AvgIpc) is 2.83. The molecule has 19 heavy (non-hydrogen) atoms. The summed E-state index contributed by atoms with van der Waals surface area (Å²) in [6.45, 7) is 0. The highest BCUT2D eigenvalue weighted by molar-refractivity contribution is 7.19. The van der Waals surface area contributed by atoms with Gasteiger partial charge < -0.3 is 5.73 Å². The number of hydrogen-bond acceptors (Lipinski definition) is 3. The smallest absolute Gasteiger partial charge is 0.123 e. The molecular weight excluding hydrogens is 259 g/mol. The average molecular weight is 270 g/mol. The predicted molar refractivity (Wildman–Crippen MR) is 77.4 cm³/mol. The second-order valence-electron chi connectivity index (χ2n) is 4.13. The van der Waals surface area contributed by atoms with Crippen LogP contribution in [0, 0.1) is 5.82 Å². The van der Waals surface area contributed by atoms with Crippen LogP contribution in [0.25, 0.3) is 21.6 Å². The van der Waals surface area contributed by atoms with E-state index in [1.807, 2.05) is 18.2 Å². The highest BCUT2D eigenvalue weighted by atomic mass is 32.1. The van der Waals surface area contributed by atoms with E-state index in [9.17, 15) is 4.39 Å². The van der Waals surface area contributed by atoms with E-state index in [0.29, 0.717) is 0 Å². The third-order valence-electron chi connectivity index (χ3n) is 2.85. The number of thiophene rings is 1. The number of rotatable bonds is 2. The van der Waals surface area contributed by atoms with Crippen LogP contribution < -0.4 is 5.73 Å². The molecule has 2 nitrogen and oxygen atoms in total. The molecule has 0 saturated heterocycles. The highest BCUT2D eigenvalue weighted by Crippen LogP contribution is 2.40. The van der Waals surface area contributed by atoms with Crippen LogP contribution >= 0.6 is 11.3 Å². The Kier molecular flexibility index (Phi) is 3.01. The summed E-state index contributed by atoms with van der Waals surface area (Å²) in [6, 6.07) is 12.3. The van der Waals surface area contributed by atoms with Crippen LogP contribution in [0.5, 0.6) is 0 Å². The van der Waals surface area contributed by atoms with Crippen molar-refractivity contribution in [1.82, 2.24) is 4.98 Å². The number of nitrogen functional groups attached to an aromatic ring is 1. The number of aromatic nitrogens is 1. The molecule has 0 bridgehead atoms. The zero-order valence-electron chi connectivity index (χ0n) is 10.0. The molecule has 1 aromatic carbocycles. The van der Waals surface area contributed by atoms with Crippen molar-refractivity contribution >= 4 is 16.3 Å². The van der Waals surface area contributed by atoms with Gasteiger partial charge >= 0.3 is 0 Å². The molecule has 0 saturated carbocycles. The van der Waals surface area contributed by atoms with Gasteiger partial charge in [0.25, 0.3) is 0 Å². The van der Waals surface area contributed by atoms with Crippen molar-refractivity contribution in [2.45, 2.75) is 0 Å². The van der Waals surface area contributed by atoms with Crippen molar-refractivity contribution in [1.29, 1.82) is 0 Å². The standard InChI is InChI=1S/C15H11FN2S/c16-12-3-1-10(2-4-12)13-9-14(17)19-15(13)11-5-7-18-8-6-11/h1-9H,17H2. The van der Waals surface area contributed by atoms with Crippen molar-refractivity contribution in [2.24, 2.45) is 0 Å². The van der Waals surface area contributed by atoms with Gasteiger partial charge in [0.15, 0.2) is 0 Å². The Hall–Kier alpha value is -2.20. The van der Waals surface area contributed by atoms with Crippen molar-refractivity contribution < 1.29 is 4.39 Å². The minimum Gasteiger partial charge on any atom is -0.391 e. The summed E-state index contributed by atoms with van der Waals surface area (Å²) >= 11 is 1.52. The van der Waals surface area contributed by atoms with Crippen LogP contribution in [0.4, 0.5) is 9.39 Å². The molecule has 94 valence electrons. The molecule has 2 heterocycles. The predicted octanol–water partition coefficient (Wildman–Crippen LogP) is 4.20. The molecule has 0 atom stereocenters. The van der Waals surface area contributed by atoms with Gasteiger partial charge in [-0.25, -0.2) is 4.39 Å². The lowest BCUT2D eigenvalue weighted by Gasteiger charge is -2.03. The minimum atomic E-state index is -0.239. The zero-order chi connectivity index (χ0) is 13.2. The number of benzene rings is 1. The number of anilines is 1. The van der Waals surface area contributed by atoms with E-state index >= 15 is 0 Å². The maximum absolute atomic E-state index is 13.0. The summed E-state index contributed by atoms with van der Waals surface area (Å²) in [4.78, 5) is 5.09. The van der Waals surface area contributed by atoms with Gasteiger partial charge in [-0.05, 0) is 41.5 Å². The first kappa shape index (κ1) is 11.9. The van der Waals surface area contributed by atoms with Crippen LogP contribution in [-0.4, -0.2) is 4.98 Å². The number of halogens is 1. The van der Waals surface area contributed by atoms with Gasteiger partial charge in [-0.1, -0.05) is 12.1 Å². The van der Waals surface area contributed by atoms with Crippen molar-refractivity contribution in [3.63, 3.8) is 0 Å². The van der Waals surface area contributed by atoms with Gasteiger partial charge in [-0.2, -0.15) is 0 Å². The summed E-state index contributed by atoms with van der Waals surface area (Å²) < 4.78 is 13.0. The van der Waals surface area contributed by atoms with Gasteiger partial charge in [0.05, 0.1) is 5.00 Å². The number of nitrogens with two attached hydrogens (primary N) is 1. The van der Waals surface area contributed by atoms with E-state index in [1.54, 1.807) is 24.5 Å². The highest BCUT2D eigenvalue weighted by Gasteiger charge is 2.11. The summed E-state index contributed by atoms with van der Waals surface area (Å²) in [6.07, 6.45) is 3.50. The molecule has 0 amide bonds. The third kappa shape index (κ3) is 2.35. The second-order valence-corrected chi connectivity index (χ2v) is 5.22. The zero-order valence-corrected chi connectivity index (χ0v) is 10.8. The molecule has 0 radical (unpaired) electrons. The second kappa shape index (κ2) is 4.82. The Balaban J connectivity index is 2.15. The molecule has 4 heteroatoms. The normalized spacial score (nSPS) is 10.6. The molecule has 3 aromatic rings. The molecule has 0 unspecified atom stereocenters. The van der Waals surface area contributed by atoms with Crippen LogP contribution in [0.2, 0.25) is 0 Å². The van der Waals surface area contributed by atoms with E-state index in [2.05, 4.69) is 4.98 Å². The first-order valence-electron chi connectivity index (χ1n) is 5.80. The summed E-state index contributed by atoms with van der Waals surface area (Å²) in [5.41, 5.74) is 8.96. The Bertz CT molecular complexity index is 690. The Morgan fingerprint density at radius 1 is 0.947 bits per heavy atom. The molecule has 2 N–H and O–H groups in total. The minimum absolute atomic E-state index is 0.239. The number of hydrogen-bond donors (Lipinski definition) is 1. The fourth-order valence-corrected chi connectivity index (χ4v) is 2.92. The number of nitrogens with zero attached hydrogens (tertiary/aromatic N) is 1. The van der Waals surface area contributed by atoms with Gasteiger partial charge in [-0.15, -0.1) is 11.3 Å². The lowest BCUT2D eigenvalue weighted by molar-refractivity contribution is 0.628. The molecule has 2 aromatic heterocycles. The summed E-state index contributed by atoms with van der Waals surface area (Å²) in [5.74, 6) is -0.239. The molecular formula is C15H11FN2S. The van der Waals surface area contributed by atoms with Crippen LogP contribution in [-0.2, 0) is 0 Å². The molecule has 3 rings (SSSR count). The fraction of sp³-hybridized carbons (Fsp3) is 0. The van der Waals surface area contributed by atoms with Gasteiger partial charge in [0.2, 0.25) is 0 Å². The van der Waals surface area contributed by atoms with Gasteiger partial charge in [0, 0.05) is 22.8 Å². The van der Waals surface area contributed by atoms with Crippen LogP contribution in [0.3, 0.4) is 0 Å². The molecule has 0 aliphatic rings. The SMILES string of the molecule is Nc1cc(-c2ccc(F)cc2)c(-c2ccncc2)s1. The van der Waals surface area contributed by atoms with Crippen molar-refractivity contribution in [3.8, 4) is 21.6 Å². The van der Waals surface area contributed by atoms with E-state index in [4.69, 9.17) is 5.73 Å². The monoisotopic (exact) mass is 270 g/mol. The lowest BCUT2D eigenvalue weighted by Crippen LogP contribution is -1.81. The van der Waals surface area contributed by atoms with Gasteiger partial charge in [0.1, 0.15) is 5.82 Å². The first-order chi connectivity index (χ1) is 9.24. The van der Waals surface area contributed by atoms with Crippen molar-refractivity contribution in [2.75, 3.05) is 5.73 Å². The quantitative estimate of drug-likeness (QED) is 0.758. The van der Waals surface area contributed by atoms with Crippen LogP contribution in [0.15, 0.2) is 54.9 Å². The topological polar surface area (TPSA) is 38.9 Å². The lowest BCUT2D eigenvalue weighted by atomic mass is 10.0. The van der Waals surface area contributed by atoms with Crippen molar-refractivity contribution in [3.05, 3.63) is 60.7 Å². The summed E-state index contributed by atoms with van der Waals surface area (Å²) in [5, 5.41) is 0.742. The molecule has 0 fully saturated rings. The van der Waals surface area contributed by atoms with Gasteiger partial charge in [-0.3, -0.25) is 4.98 Å². The summed E-state index contributed by atoms with van der Waals surface area (Å²) in [7, 11) is 0. The fourth-order valence-electron chi connectivity index (χ4n) is 1.97. The third-order valence-corrected chi connectivity index (χ3v) is 3.86. The largest absolute Gasteiger partial charge is 0.391 e. The van der Waals surface area contributed by atoms with E-state index in [0.717, 1.165) is 26.6 Å². The number of pyridine rings is 1. The molecule has 0 aliphatic heterocycles. The Morgan fingerprint density at radius 3 is 2.32 bits per heavy atom. The first-order valence-corrected chi connectivity index (χ1v) is 6.61.